The summed E-state index contributed by atoms with van der Waals surface area (Å²) >= 11 is 0. The van der Waals surface area contributed by atoms with Crippen LogP contribution in [-0.4, -0.2) is 31.5 Å². The van der Waals surface area contributed by atoms with Gasteiger partial charge in [0.05, 0.1) is 19.3 Å². The monoisotopic (exact) mass is 221 g/mol. The number of nitrogens with one attached hydrogen (secondary N) is 1. The van der Waals surface area contributed by atoms with Gasteiger partial charge in [-0.15, -0.1) is 0 Å². The van der Waals surface area contributed by atoms with Crippen LogP contribution in [0, 0.1) is 0 Å². The van der Waals surface area contributed by atoms with Gasteiger partial charge in [-0.3, -0.25) is 0 Å². The molecule has 16 heavy (non-hydrogen) atoms. The highest BCUT2D eigenvalue weighted by Gasteiger charge is 2.23. The number of fused-ring (bicyclic) bond motifs is 1. The van der Waals surface area contributed by atoms with Crippen LogP contribution >= 0.6 is 0 Å². The average Bonchev–Trinajstić information content (AvgIpc) is 2.72. The molecule has 2 atom stereocenters. The van der Waals surface area contributed by atoms with Crippen molar-refractivity contribution in [1.29, 1.82) is 0 Å². The first-order valence-electron chi connectivity index (χ1n) is 5.78. The number of aryl methyl sites for hydroxylation is 1. The lowest BCUT2D eigenvalue weighted by atomic mass is 10.1. The van der Waals surface area contributed by atoms with Crippen molar-refractivity contribution in [2.75, 3.05) is 20.3 Å². The van der Waals surface area contributed by atoms with Crippen LogP contribution in [0.15, 0.2) is 24.3 Å². The van der Waals surface area contributed by atoms with Crippen LogP contribution in [0.1, 0.15) is 23.6 Å². The Balaban J connectivity index is 2.02. The highest BCUT2D eigenvalue weighted by Crippen LogP contribution is 2.30. The number of hydrogen-bond donors (Lipinski definition) is 2. The third kappa shape index (κ3) is 2.43. The number of aliphatic hydroxyl groups excluding tert-OH is 1. The zero-order valence-electron chi connectivity index (χ0n) is 9.65. The highest BCUT2D eigenvalue weighted by molar-refractivity contribution is 5.34. The lowest BCUT2D eigenvalue weighted by molar-refractivity contribution is 0.122. The minimum absolute atomic E-state index is 0.0288. The zero-order valence-corrected chi connectivity index (χ0v) is 9.65. The molecule has 0 bridgehead atoms. The van der Waals surface area contributed by atoms with Crippen LogP contribution in [0.5, 0.6) is 0 Å². The first kappa shape index (κ1) is 11.6. The molecule has 1 aromatic carbocycles. The van der Waals surface area contributed by atoms with Crippen molar-refractivity contribution in [2.24, 2.45) is 0 Å². The van der Waals surface area contributed by atoms with Crippen LogP contribution in [0.3, 0.4) is 0 Å². The molecule has 0 radical (unpaired) electrons. The van der Waals surface area contributed by atoms with E-state index >= 15 is 0 Å². The van der Waals surface area contributed by atoms with Crippen LogP contribution < -0.4 is 5.32 Å². The predicted octanol–water partition coefficient (Wildman–Crippen LogP) is 1.27. The standard InChI is InChI=1S/C13H19NO2/c1-16-9-11(8-15)14-13-7-6-10-4-2-3-5-12(10)13/h2-5,11,13-15H,6-9H2,1H3. The molecule has 3 nitrogen and oxygen atoms in total. The Morgan fingerprint density at radius 2 is 2.31 bits per heavy atom. The maximum Gasteiger partial charge on any atom is 0.0638 e. The molecule has 0 heterocycles. The fourth-order valence-corrected chi connectivity index (χ4v) is 2.37. The third-order valence-corrected chi connectivity index (χ3v) is 3.16. The maximum atomic E-state index is 9.22. The van der Waals surface area contributed by atoms with Crippen molar-refractivity contribution in [2.45, 2.75) is 24.9 Å². The Kier molecular flexibility index (Phi) is 3.93. The number of methoxy groups -OCH3 is 1. The summed E-state index contributed by atoms with van der Waals surface area (Å²) < 4.78 is 5.07. The summed E-state index contributed by atoms with van der Waals surface area (Å²) in [5.41, 5.74) is 2.80. The van der Waals surface area contributed by atoms with Gasteiger partial charge < -0.3 is 15.2 Å². The molecular weight excluding hydrogens is 202 g/mol. The van der Waals surface area contributed by atoms with Crippen LogP contribution in [0.4, 0.5) is 0 Å². The van der Waals surface area contributed by atoms with Gasteiger partial charge in [-0.25, -0.2) is 0 Å². The van der Waals surface area contributed by atoms with Gasteiger partial charge in [-0.05, 0) is 24.0 Å². The number of aliphatic hydroxyl groups is 1. The summed E-state index contributed by atoms with van der Waals surface area (Å²) in [7, 11) is 1.66. The van der Waals surface area contributed by atoms with Gasteiger partial charge in [-0.2, -0.15) is 0 Å². The van der Waals surface area contributed by atoms with Gasteiger partial charge in [0, 0.05) is 13.2 Å². The van der Waals surface area contributed by atoms with Crippen molar-refractivity contribution in [3.8, 4) is 0 Å². The van der Waals surface area contributed by atoms with E-state index in [1.165, 1.54) is 11.1 Å². The second-order valence-electron chi connectivity index (χ2n) is 4.29. The summed E-state index contributed by atoms with van der Waals surface area (Å²) in [5, 5.41) is 12.7. The van der Waals surface area contributed by atoms with Gasteiger partial charge in [-0.1, -0.05) is 24.3 Å². The summed E-state index contributed by atoms with van der Waals surface area (Å²) in [6, 6.07) is 8.90. The second kappa shape index (κ2) is 5.43. The number of hydrogen-bond acceptors (Lipinski definition) is 3. The van der Waals surface area contributed by atoms with E-state index in [0.717, 1.165) is 12.8 Å². The van der Waals surface area contributed by atoms with Crippen molar-refractivity contribution in [3.63, 3.8) is 0 Å². The zero-order chi connectivity index (χ0) is 11.4. The Morgan fingerprint density at radius 1 is 1.50 bits per heavy atom. The van der Waals surface area contributed by atoms with Gasteiger partial charge in [0.2, 0.25) is 0 Å². The molecule has 0 fully saturated rings. The molecule has 1 aromatic rings. The molecule has 0 saturated carbocycles. The predicted molar refractivity (Wildman–Crippen MR) is 63.4 cm³/mol. The summed E-state index contributed by atoms with van der Waals surface area (Å²) in [6.07, 6.45) is 2.23. The molecule has 1 aliphatic rings. The van der Waals surface area contributed by atoms with Gasteiger partial charge in [0.1, 0.15) is 0 Å². The minimum Gasteiger partial charge on any atom is -0.395 e. The van der Waals surface area contributed by atoms with Gasteiger partial charge in [0.25, 0.3) is 0 Å². The fraction of sp³-hybridized carbons (Fsp3) is 0.538. The van der Waals surface area contributed by atoms with Crippen molar-refractivity contribution >= 4 is 0 Å². The highest BCUT2D eigenvalue weighted by atomic mass is 16.5. The van der Waals surface area contributed by atoms with E-state index in [1.807, 2.05) is 0 Å². The SMILES string of the molecule is COCC(CO)NC1CCc2ccccc21. The van der Waals surface area contributed by atoms with Crippen molar-refractivity contribution in [3.05, 3.63) is 35.4 Å². The first-order valence-corrected chi connectivity index (χ1v) is 5.78. The lowest BCUT2D eigenvalue weighted by Gasteiger charge is -2.21. The minimum atomic E-state index is 0.0288. The third-order valence-electron chi connectivity index (χ3n) is 3.16. The number of ether oxygens (including phenoxy) is 1. The van der Waals surface area contributed by atoms with E-state index in [2.05, 4.69) is 29.6 Å². The van der Waals surface area contributed by atoms with E-state index in [0.29, 0.717) is 12.6 Å². The Labute approximate surface area is 96.4 Å². The molecular formula is C13H19NO2. The van der Waals surface area contributed by atoms with Crippen LogP contribution in [-0.2, 0) is 11.2 Å². The van der Waals surface area contributed by atoms with E-state index < -0.39 is 0 Å². The lowest BCUT2D eigenvalue weighted by Crippen LogP contribution is -2.38. The molecule has 0 amide bonds. The molecule has 0 spiro atoms. The summed E-state index contributed by atoms with van der Waals surface area (Å²) in [4.78, 5) is 0. The van der Waals surface area contributed by atoms with Crippen LogP contribution in [0.25, 0.3) is 0 Å². The fourth-order valence-electron chi connectivity index (χ4n) is 2.37. The summed E-state index contributed by atoms with van der Waals surface area (Å²) in [5.74, 6) is 0. The average molecular weight is 221 g/mol. The summed E-state index contributed by atoms with van der Waals surface area (Å²) in [6.45, 7) is 0.668. The normalized spacial score (nSPS) is 20.8. The molecule has 1 aliphatic carbocycles. The molecule has 0 aromatic heterocycles. The van der Waals surface area contributed by atoms with Gasteiger partial charge >= 0.3 is 0 Å². The quantitative estimate of drug-likeness (QED) is 0.787. The maximum absolute atomic E-state index is 9.22. The van der Waals surface area contributed by atoms with E-state index in [-0.39, 0.29) is 12.6 Å². The Morgan fingerprint density at radius 3 is 3.06 bits per heavy atom. The largest absolute Gasteiger partial charge is 0.395 e. The van der Waals surface area contributed by atoms with Gasteiger partial charge in [0.15, 0.2) is 0 Å². The van der Waals surface area contributed by atoms with E-state index in [1.54, 1.807) is 7.11 Å². The topological polar surface area (TPSA) is 41.5 Å². The Bertz CT molecular complexity index is 340. The van der Waals surface area contributed by atoms with Crippen molar-refractivity contribution in [1.82, 2.24) is 5.32 Å². The molecule has 2 unspecified atom stereocenters. The van der Waals surface area contributed by atoms with Crippen molar-refractivity contribution < 1.29 is 9.84 Å². The van der Waals surface area contributed by atoms with E-state index in [4.69, 9.17) is 4.74 Å². The molecule has 88 valence electrons. The number of rotatable bonds is 5. The smallest absolute Gasteiger partial charge is 0.0638 e. The van der Waals surface area contributed by atoms with Crippen LogP contribution in [0.2, 0.25) is 0 Å². The molecule has 2 N–H and O–H groups in total. The molecule has 0 saturated heterocycles. The molecule has 2 rings (SSSR count). The Hall–Kier alpha value is -0.900. The molecule has 3 heteroatoms. The van der Waals surface area contributed by atoms with E-state index in [9.17, 15) is 5.11 Å². The number of benzene rings is 1. The second-order valence-corrected chi connectivity index (χ2v) is 4.29. The molecule has 0 aliphatic heterocycles. The first-order chi connectivity index (χ1) is 7.85.